The normalized spacial score (nSPS) is 43.7. The number of halogens is 1. The molecule has 3 atom stereocenters. The Kier molecular flexibility index (Phi) is 2.03. The topological polar surface area (TPSA) is 32.3 Å². The van der Waals surface area contributed by atoms with Crippen molar-refractivity contribution in [2.24, 2.45) is 5.92 Å². The van der Waals surface area contributed by atoms with E-state index in [1.165, 1.54) is 0 Å². The molecule has 9 heavy (non-hydrogen) atoms. The lowest BCUT2D eigenvalue weighted by Crippen LogP contribution is -2.29. The molecule has 1 aliphatic rings. The van der Waals surface area contributed by atoms with Crippen molar-refractivity contribution in [1.29, 1.82) is 0 Å². The lowest BCUT2D eigenvalue weighted by atomic mass is 10.0. The zero-order valence-electron chi connectivity index (χ0n) is 5.47. The molecule has 0 aromatic heterocycles. The van der Waals surface area contributed by atoms with Crippen molar-refractivity contribution in [1.82, 2.24) is 5.32 Å². The fourth-order valence-electron chi connectivity index (χ4n) is 1.12. The Morgan fingerprint density at radius 3 is 2.67 bits per heavy atom. The van der Waals surface area contributed by atoms with E-state index < -0.39 is 6.17 Å². The van der Waals surface area contributed by atoms with Gasteiger partial charge in [0.25, 0.3) is 0 Å². The van der Waals surface area contributed by atoms with Crippen molar-refractivity contribution in [2.45, 2.75) is 19.1 Å². The summed E-state index contributed by atoms with van der Waals surface area (Å²) in [6.45, 7) is 2.25. The second-order valence-electron chi connectivity index (χ2n) is 2.57. The van der Waals surface area contributed by atoms with Gasteiger partial charge >= 0.3 is 0 Å². The summed E-state index contributed by atoms with van der Waals surface area (Å²) in [7, 11) is 0. The van der Waals surface area contributed by atoms with Crippen LogP contribution in [0.3, 0.4) is 0 Å². The molecule has 0 unspecified atom stereocenters. The zero-order chi connectivity index (χ0) is 6.85. The summed E-state index contributed by atoms with van der Waals surface area (Å²) >= 11 is 0. The number of nitrogens with one attached hydrogen (secondary N) is 1. The van der Waals surface area contributed by atoms with Crippen LogP contribution >= 0.6 is 0 Å². The van der Waals surface area contributed by atoms with E-state index in [0.717, 1.165) is 0 Å². The van der Waals surface area contributed by atoms with Gasteiger partial charge in [-0.1, -0.05) is 6.92 Å². The first kappa shape index (κ1) is 6.96. The van der Waals surface area contributed by atoms with Gasteiger partial charge in [0.15, 0.2) is 0 Å². The molecule has 1 heterocycles. The molecule has 0 aliphatic carbocycles. The third-order valence-electron chi connectivity index (χ3n) is 1.98. The van der Waals surface area contributed by atoms with Crippen molar-refractivity contribution in [3.8, 4) is 0 Å². The number of hydrogen-bond donors (Lipinski definition) is 2. The Morgan fingerprint density at radius 2 is 2.44 bits per heavy atom. The minimum Gasteiger partial charge on any atom is -0.395 e. The fraction of sp³-hybridized carbons (Fsp3) is 1.00. The second kappa shape index (κ2) is 2.62. The van der Waals surface area contributed by atoms with Crippen LogP contribution in [-0.4, -0.2) is 30.5 Å². The molecule has 0 aromatic rings. The van der Waals surface area contributed by atoms with E-state index in [4.69, 9.17) is 5.11 Å². The van der Waals surface area contributed by atoms with E-state index in [9.17, 15) is 4.39 Å². The predicted molar refractivity (Wildman–Crippen MR) is 32.9 cm³/mol. The Balaban J connectivity index is 2.41. The first-order valence-corrected chi connectivity index (χ1v) is 3.24. The van der Waals surface area contributed by atoms with E-state index in [2.05, 4.69) is 5.32 Å². The summed E-state index contributed by atoms with van der Waals surface area (Å²) in [4.78, 5) is 0. The van der Waals surface area contributed by atoms with Gasteiger partial charge in [-0.3, -0.25) is 0 Å². The van der Waals surface area contributed by atoms with Gasteiger partial charge in [-0.25, -0.2) is 4.39 Å². The van der Waals surface area contributed by atoms with E-state index in [1.54, 1.807) is 0 Å². The molecular weight excluding hydrogens is 121 g/mol. The molecule has 0 amide bonds. The quantitative estimate of drug-likeness (QED) is 0.524. The number of aliphatic hydroxyl groups is 1. The van der Waals surface area contributed by atoms with Crippen LogP contribution in [0.25, 0.3) is 0 Å². The van der Waals surface area contributed by atoms with Gasteiger partial charge in [0.1, 0.15) is 6.17 Å². The molecule has 54 valence electrons. The third-order valence-corrected chi connectivity index (χ3v) is 1.98. The monoisotopic (exact) mass is 133 g/mol. The van der Waals surface area contributed by atoms with Crippen molar-refractivity contribution in [2.75, 3.05) is 13.2 Å². The molecule has 1 rings (SSSR count). The Bertz CT molecular complexity index is 99.1. The maximum atomic E-state index is 12.6. The smallest absolute Gasteiger partial charge is 0.117 e. The number of rotatable bonds is 1. The van der Waals surface area contributed by atoms with Gasteiger partial charge in [-0.05, 0) is 0 Å². The SMILES string of the molecule is C[C@H]1[C@H](CO)NC[C@@H]1F. The van der Waals surface area contributed by atoms with Gasteiger partial charge in [-0.15, -0.1) is 0 Å². The summed E-state index contributed by atoms with van der Waals surface area (Å²) in [5, 5.41) is 11.5. The van der Waals surface area contributed by atoms with Crippen LogP contribution in [0.1, 0.15) is 6.92 Å². The Labute approximate surface area is 54.1 Å². The minimum atomic E-state index is -0.776. The molecular formula is C6H12FNO. The predicted octanol–water partition coefficient (Wildman–Crippen LogP) is -0.0753. The molecule has 0 saturated carbocycles. The second-order valence-corrected chi connectivity index (χ2v) is 2.57. The highest BCUT2D eigenvalue weighted by molar-refractivity contribution is 4.87. The maximum Gasteiger partial charge on any atom is 0.117 e. The molecule has 0 radical (unpaired) electrons. The average molecular weight is 133 g/mol. The largest absolute Gasteiger partial charge is 0.395 e. The Morgan fingerprint density at radius 1 is 1.78 bits per heavy atom. The summed E-state index contributed by atoms with van der Waals surface area (Å²) in [5.41, 5.74) is 0. The molecule has 1 fully saturated rings. The summed E-state index contributed by atoms with van der Waals surface area (Å²) in [5.74, 6) is -0.0324. The van der Waals surface area contributed by atoms with Crippen LogP contribution < -0.4 is 5.32 Å². The van der Waals surface area contributed by atoms with Crippen LogP contribution in [0, 0.1) is 5.92 Å². The molecule has 3 heteroatoms. The van der Waals surface area contributed by atoms with Gasteiger partial charge in [0.05, 0.1) is 6.61 Å². The standard InChI is InChI=1S/C6H12FNO/c1-4-5(7)2-8-6(4)3-9/h4-6,8-9H,2-3H2,1H3/t4-,5+,6+/m1/s1. The molecule has 2 nitrogen and oxygen atoms in total. The summed E-state index contributed by atoms with van der Waals surface area (Å²) in [6, 6.07) is -0.0278. The third kappa shape index (κ3) is 1.22. The highest BCUT2D eigenvalue weighted by Gasteiger charge is 2.31. The van der Waals surface area contributed by atoms with Gasteiger partial charge < -0.3 is 10.4 Å². The molecule has 1 aliphatic heterocycles. The highest BCUT2D eigenvalue weighted by atomic mass is 19.1. The number of aliphatic hydroxyl groups excluding tert-OH is 1. The minimum absolute atomic E-state index is 0.0278. The molecule has 2 N–H and O–H groups in total. The summed E-state index contributed by atoms with van der Waals surface area (Å²) in [6.07, 6.45) is -0.776. The van der Waals surface area contributed by atoms with Crippen molar-refractivity contribution >= 4 is 0 Å². The first-order valence-electron chi connectivity index (χ1n) is 3.24. The van der Waals surface area contributed by atoms with E-state index in [1.807, 2.05) is 6.92 Å². The van der Waals surface area contributed by atoms with Crippen LogP contribution in [0.2, 0.25) is 0 Å². The van der Waals surface area contributed by atoms with Crippen LogP contribution in [0.5, 0.6) is 0 Å². The highest BCUT2D eigenvalue weighted by Crippen LogP contribution is 2.17. The number of hydrogen-bond acceptors (Lipinski definition) is 2. The van der Waals surface area contributed by atoms with Crippen molar-refractivity contribution in [3.05, 3.63) is 0 Å². The lowest BCUT2D eigenvalue weighted by molar-refractivity contribution is 0.206. The number of alkyl halides is 1. The molecule has 0 spiro atoms. The van der Waals surface area contributed by atoms with Gasteiger partial charge in [0, 0.05) is 18.5 Å². The maximum absolute atomic E-state index is 12.6. The zero-order valence-corrected chi connectivity index (χ0v) is 5.47. The molecule has 0 aromatic carbocycles. The molecule has 0 bridgehead atoms. The fourth-order valence-corrected chi connectivity index (χ4v) is 1.12. The van der Waals surface area contributed by atoms with Crippen molar-refractivity contribution in [3.63, 3.8) is 0 Å². The van der Waals surface area contributed by atoms with Gasteiger partial charge in [-0.2, -0.15) is 0 Å². The first-order chi connectivity index (χ1) is 4.25. The van der Waals surface area contributed by atoms with Crippen molar-refractivity contribution < 1.29 is 9.50 Å². The Hall–Kier alpha value is -0.150. The molecule has 1 saturated heterocycles. The van der Waals surface area contributed by atoms with Crippen LogP contribution in [-0.2, 0) is 0 Å². The van der Waals surface area contributed by atoms with Crippen LogP contribution in [0.4, 0.5) is 4.39 Å². The van der Waals surface area contributed by atoms with E-state index in [0.29, 0.717) is 6.54 Å². The lowest BCUT2D eigenvalue weighted by Gasteiger charge is -2.11. The van der Waals surface area contributed by atoms with Gasteiger partial charge in [0.2, 0.25) is 0 Å². The van der Waals surface area contributed by atoms with E-state index in [-0.39, 0.29) is 18.6 Å². The average Bonchev–Trinajstić information content (AvgIpc) is 2.15. The van der Waals surface area contributed by atoms with E-state index >= 15 is 0 Å². The summed E-state index contributed by atoms with van der Waals surface area (Å²) < 4.78 is 12.6. The van der Waals surface area contributed by atoms with Crippen LogP contribution in [0.15, 0.2) is 0 Å².